The highest BCUT2D eigenvalue weighted by Gasteiger charge is 2.61. The summed E-state index contributed by atoms with van der Waals surface area (Å²) in [6.07, 6.45) is -2.74. The van der Waals surface area contributed by atoms with Gasteiger partial charge in [0.05, 0.1) is 11.4 Å². The minimum atomic E-state index is -4.97. The molecule has 39 heavy (non-hydrogen) atoms. The molecule has 1 aromatic heterocycles. The van der Waals surface area contributed by atoms with Crippen LogP contribution in [-0.2, 0) is 11.0 Å². The molecular formula is C26H26F4N6O2S. The Morgan fingerprint density at radius 3 is 2.46 bits per heavy atom. The molecule has 13 heteroatoms. The maximum atomic E-state index is 15.5. The summed E-state index contributed by atoms with van der Waals surface area (Å²) in [5.74, 6) is -1.10. The van der Waals surface area contributed by atoms with Crippen molar-refractivity contribution >= 4 is 34.6 Å². The zero-order chi connectivity index (χ0) is 27.9. The molecule has 1 aliphatic carbocycles. The van der Waals surface area contributed by atoms with E-state index in [1.165, 1.54) is 23.1 Å². The van der Waals surface area contributed by atoms with Gasteiger partial charge in [0.1, 0.15) is 29.5 Å². The van der Waals surface area contributed by atoms with E-state index in [1.54, 1.807) is 6.07 Å². The topological polar surface area (TPSA) is 75.9 Å². The van der Waals surface area contributed by atoms with Gasteiger partial charge in [-0.05, 0) is 56.7 Å². The second-order valence-electron chi connectivity index (χ2n) is 9.91. The Balaban J connectivity index is 1.41. The molecule has 0 radical (unpaired) electrons. The zero-order valence-corrected chi connectivity index (χ0v) is 22.0. The second kappa shape index (κ2) is 10.3. The minimum absolute atomic E-state index is 0.0231. The number of nitrogens with zero attached hydrogens (tertiary/aromatic N) is 6. The summed E-state index contributed by atoms with van der Waals surface area (Å²) in [7, 11) is 2.07. The lowest BCUT2D eigenvalue weighted by molar-refractivity contribution is -0.137. The standard InChI is InChI=1S/C26H26F4N6O2S/c1-33-9-11-34(12-10-33)13-14-38-17-3-4-20(18(27)15-17)36-24(39)35(23(37)25(36)6-2-7-25)21-5-8-32-19(16-31)22(21)26(28,29)30/h3-5,8,15H,2,6-7,9-14H2,1H3. The van der Waals surface area contributed by atoms with Crippen LogP contribution in [0.25, 0.3) is 0 Å². The maximum Gasteiger partial charge on any atom is 0.421 e. The number of halogens is 4. The number of amides is 1. The van der Waals surface area contributed by atoms with Crippen LogP contribution in [0.15, 0.2) is 30.5 Å². The van der Waals surface area contributed by atoms with Crippen LogP contribution < -0.4 is 14.5 Å². The van der Waals surface area contributed by atoms with Gasteiger partial charge in [0.2, 0.25) is 0 Å². The van der Waals surface area contributed by atoms with Crippen LogP contribution in [-0.4, -0.2) is 77.7 Å². The van der Waals surface area contributed by atoms with Crippen LogP contribution in [0, 0.1) is 17.1 Å². The van der Waals surface area contributed by atoms with Crippen LogP contribution in [0.2, 0.25) is 0 Å². The first-order valence-electron chi connectivity index (χ1n) is 12.5. The highest BCUT2D eigenvalue weighted by molar-refractivity contribution is 7.81. The molecule has 0 bridgehead atoms. The number of aromatic nitrogens is 1. The third-order valence-electron chi connectivity index (χ3n) is 7.58. The molecule has 3 aliphatic rings. The molecule has 3 fully saturated rings. The lowest BCUT2D eigenvalue weighted by Crippen LogP contribution is -2.55. The number of carbonyl (C=O) groups excluding carboxylic acids is 1. The molecule has 1 aromatic carbocycles. The van der Waals surface area contributed by atoms with Gasteiger partial charge in [-0.25, -0.2) is 9.37 Å². The van der Waals surface area contributed by atoms with Crippen molar-refractivity contribution in [2.45, 2.75) is 31.0 Å². The highest BCUT2D eigenvalue weighted by atomic mass is 32.1. The number of thiocarbonyl (C=S) groups is 1. The monoisotopic (exact) mass is 562 g/mol. The Labute approximate surface area is 228 Å². The van der Waals surface area contributed by atoms with Gasteiger partial charge in [0.15, 0.2) is 16.6 Å². The molecule has 3 heterocycles. The number of benzene rings is 1. The number of hydrogen-bond acceptors (Lipinski definition) is 7. The molecule has 1 spiro atoms. The number of ether oxygens (including phenoxy) is 1. The van der Waals surface area contributed by atoms with Crippen molar-refractivity contribution in [3.05, 3.63) is 47.5 Å². The van der Waals surface area contributed by atoms with Crippen LogP contribution in [0.5, 0.6) is 5.75 Å². The van der Waals surface area contributed by atoms with Crippen LogP contribution in [0.1, 0.15) is 30.5 Å². The van der Waals surface area contributed by atoms with E-state index in [1.807, 2.05) is 0 Å². The van der Waals surface area contributed by atoms with Crippen molar-refractivity contribution < 1.29 is 27.1 Å². The summed E-state index contributed by atoms with van der Waals surface area (Å²) in [4.78, 5) is 23.7. The van der Waals surface area contributed by atoms with Crippen LogP contribution in [0.3, 0.4) is 0 Å². The molecule has 1 amide bonds. The molecule has 2 aliphatic heterocycles. The fourth-order valence-corrected chi connectivity index (χ4v) is 5.75. The van der Waals surface area contributed by atoms with E-state index in [0.29, 0.717) is 38.2 Å². The number of pyridine rings is 1. The average molecular weight is 563 g/mol. The Hall–Kier alpha value is -3.34. The van der Waals surface area contributed by atoms with Gasteiger partial charge < -0.3 is 14.5 Å². The first-order valence-corrected chi connectivity index (χ1v) is 13.0. The van der Waals surface area contributed by atoms with Crippen molar-refractivity contribution in [3.63, 3.8) is 0 Å². The summed E-state index contributed by atoms with van der Waals surface area (Å²) in [5, 5.41) is 8.97. The van der Waals surface area contributed by atoms with Crippen LogP contribution >= 0.6 is 12.2 Å². The smallest absolute Gasteiger partial charge is 0.421 e. The molecule has 0 N–H and O–H groups in total. The number of likely N-dealkylation sites (N-methyl/N-ethyl adjacent to an activating group) is 1. The Bertz CT molecular complexity index is 1330. The van der Waals surface area contributed by atoms with Crippen molar-refractivity contribution in [2.24, 2.45) is 0 Å². The van der Waals surface area contributed by atoms with Crippen molar-refractivity contribution in [3.8, 4) is 11.8 Å². The zero-order valence-electron chi connectivity index (χ0n) is 21.2. The number of hydrogen-bond donors (Lipinski definition) is 0. The SMILES string of the molecule is CN1CCN(CCOc2ccc(N3C(=S)N(c4ccnc(C#N)c4C(F)(F)F)C(=O)C34CCC4)c(F)c2)CC1. The quantitative estimate of drug-likeness (QED) is 0.389. The number of carbonyl (C=O) groups is 1. The average Bonchev–Trinajstić information content (AvgIpc) is 3.10. The van der Waals surface area contributed by atoms with E-state index in [-0.39, 0.29) is 10.8 Å². The van der Waals surface area contributed by atoms with Gasteiger partial charge >= 0.3 is 6.18 Å². The Kier molecular flexibility index (Phi) is 7.21. The van der Waals surface area contributed by atoms with Crippen molar-refractivity contribution in [2.75, 3.05) is 56.2 Å². The first kappa shape index (κ1) is 27.2. The van der Waals surface area contributed by atoms with Crippen molar-refractivity contribution in [1.29, 1.82) is 5.26 Å². The van der Waals surface area contributed by atoms with E-state index in [0.717, 1.165) is 43.3 Å². The van der Waals surface area contributed by atoms with Gasteiger partial charge in [-0.15, -0.1) is 0 Å². The third-order valence-corrected chi connectivity index (χ3v) is 7.95. The lowest BCUT2D eigenvalue weighted by atomic mass is 9.75. The van der Waals surface area contributed by atoms with E-state index in [2.05, 4.69) is 21.8 Å². The number of nitriles is 1. The van der Waals surface area contributed by atoms with E-state index < -0.39 is 40.4 Å². The molecule has 206 valence electrons. The normalized spacial score (nSPS) is 19.9. The molecular weight excluding hydrogens is 536 g/mol. The van der Waals surface area contributed by atoms with Gasteiger partial charge in [-0.2, -0.15) is 18.4 Å². The molecule has 2 saturated heterocycles. The summed E-state index contributed by atoms with van der Waals surface area (Å²) in [6, 6.07) is 6.63. The predicted molar refractivity (Wildman–Crippen MR) is 139 cm³/mol. The number of piperazine rings is 1. The van der Waals surface area contributed by atoms with Gasteiger partial charge in [-0.1, -0.05) is 0 Å². The third kappa shape index (κ3) is 4.81. The van der Waals surface area contributed by atoms with E-state index in [4.69, 9.17) is 17.0 Å². The largest absolute Gasteiger partial charge is 0.492 e. The summed E-state index contributed by atoms with van der Waals surface area (Å²) in [6.45, 7) is 4.85. The summed E-state index contributed by atoms with van der Waals surface area (Å²) >= 11 is 5.51. The molecule has 0 unspecified atom stereocenters. The number of anilines is 2. The van der Waals surface area contributed by atoms with Gasteiger partial charge in [0.25, 0.3) is 5.91 Å². The predicted octanol–water partition coefficient (Wildman–Crippen LogP) is 3.80. The second-order valence-corrected chi connectivity index (χ2v) is 10.3. The minimum Gasteiger partial charge on any atom is -0.492 e. The summed E-state index contributed by atoms with van der Waals surface area (Å²) in [5.41, 5.74) is -4.15. The van der Waals surface area contributed by atoms with E-state index in [9.17, 15) is 23.2 Å². The maximum absolute atomic E-state index is 15.5. The Morgan fingerprint density at radius 1 is 1.15 bits per heavy atom. The fourth-order valence-electron chi connectivity index (χ4n) is 5.29. The Morgan fingerprint density at radius 2 is 1.87 bits per heavy atom. The summed E-state index contributed by atoms with van der Waals surface area (Å²) < 4.78 is 63.2. The van der Waals surface area contributed by atoms with Crippen molar-refractivity contribution in [1.82, 2.24) is 14.8 Å². The molecule has 0 atom stereocenters. The molecule has 1 saturated carbocycles. The van der Waals surface area contributed by atoms with E-state index >= 15 is 4.39 Å². The number of alkyl halides is 3. The highest BCUT2D eigenvalue weighted by Crippen LogP contribution is 2.50. The molecule has 2 aromatic rings. The van der Waals surface area contributed by atoms with Gasteiger partial charge in [-0.3, -0.25) is 14.6 Å². The fraction of sp³-hybridized carbons (Fsp3) is 0.462. The van der Waals surface area contributed by atoms with Crippen LogP contribution in [0.4, 0.5) is 28.9 Å². The van der Waals surface area contributed by atoms with Gasteiger partial charge in [0, 0.05) is 45.0 Å². The molecule has 8 nitrogen and oxygen atoms in total. The first-order chi connectivity index (χ1) is 18.6. The number of rotatable bonds is 6. The molecule has 5 rings (SSSR count). The lowest BCUT2D eigenvalue weighted by Gasteiger charge is -2.43.